The molecule has 0 spiro atoms. The number of hydrogen-bond donors (Lipinski definition) is 1. The molecule has 0 radical (unpaired) electrons. The highest BCUT2D eigenvalue weighted by Crippen LogP contribution is 2.55. The van der Waals surface area contributed by atoms with Gasteiger partial charge < -0.3 is 5.11 Å². The summed E-state index contributed by atoms with van der Waals surface area (Å²) in [6.07, 6.45) is 2.31. The predicted molar refractivity (Wildman–Crippen MR) is 123 cm³/mol. The second-order valence-electron chi connectivity index (χ2n) is 12.6. The van der Waals surface area contributed by atoms with Gasteiger partial charge in [0.05, 0.1) is 5.60 Å². The first kappa shape index (κ1) is 26.4. The van der Waals surface area contributed by atoms with Gasteiger partial charge in [0.1, 0.15) is 0 Å². The van der Waals surface area contributed by atoms with E-state index in [2.05, 4.69) is 110 Å². The van der Waals surface area contributed by atoms with Crippen molar-refractivity contribution >= 4 is 0 Å². The fraction of sp³-hybridized carbons (Fsp3) is 0.846. The molecule has 0 fully saturated rings. The molecule has 0 saturated carbocycles. The first-order valence-electron chi connectivity index (χ1n) is 10.6. The molecule has 160 valence electrons. The molecule has 0 bridgehead atoms. The van der Waals surface area contributed by atoms with Gasteiger partial charge in [-0.15, -0.1) is 0 Å². The van der Waals surface area contributed by atoms with Crippen molar-refractivity contribution < 1.29 is 5.11 Å². The third-order valence-electron chi connectivity index (χ3n) is 8.38. The Morgan fingerprint density at radius 1 is 0.556 bits per heavy atom. The largest absolute Gasteiger partial charge is 0.388 e. The highest BCUT2D eigenvalue weighted by atomic mass is 16.3. The summed E-state index contributed by atoms with van der Waals surface area (Å²) in [7, 11) is 0. The van der Waals surface area contributed by atoms with E-state index in [4.69, 9.17) is 0 Å². The third kappa shape index (κ3) is 4.89. The van der Waals surface area contributed by atoms with Crippen molar-refractivity contribution in [1.29, 1.82) is 0 Å². The van der Waals surface area contributed by atoms with Crippen LogP contribution in [-0.4, -0.2) is 10.7 Å². The van der Waals surface area contributed by atoms with Crippen molar-refractivity contribution in [2.75, 3.05) is 0 Å². The van der Waals surface area contributed by atoms with Gasteiger partial charge in [0, 0.05) is 10.8 Å². The lowest BCUT2D eigenvalue weighted by atomic mass is 9.54. The van der Waals surface area contributed by atoms with Crippen molar-refractivity contribution in [3.63, 3.8) is 0 Å². The second kappa shape index (κ2) is 7.36. The Hall–Kier alpha value is -0.560. The van der Waals surface area contributed by atoms with Crippen LogP contribution in [0.4, 0.5) is 0 Å². The smallest absolute Gasteiger partial charge is 0.0794 e. The highest BCUT2D eigenvalue weighted by Gasteiger charge is 2.53. The molecule has 0 rings (SSSR count). The van der Waals surface area contributed by atoms with Crippen LogP contribution in [0.15, 0.2) is 22.8 Å². The number of hydrogen-bond acceptors (Lipinski definition) is 1. The van der Waals surface area contributed by atoms with Crippen LogP contribution in [-0.2, 0) is 0 Å². The molecule has 1 N–H and O–H groups in total. The van der Waals surface area contributed by atoms with E-state index in [1.807, 2.05) is 6.92 Å². The molecule has 1 heteroatoms. The molecule has 0 heterocycles. The Morgan fingerprint density at radius 3 is 1.19 bits per heavy atom. The van der Waals surface area contributed by atoms with Crippen LogP contribution in [0.25, 0.3) is 0 Å². The van der Waals surface area contributed by atoms with E-state index in [1.165, 1.54) is 16.7 Å². The zero-order valence-corrected chi connectivity index (χ0v) is 21.5. The third-order valence-corrected chi connectivity index (χ3v) is 8.38. The Balaban J connectivity index is 6.49. The Morgan fingerprint density at radius 2 is 0.889 bits per heavy atom. The lowest BCUT2D eigenvalue weighted by Crippen LogP contribution is -2.54. The van der Waals surface area contributed by atoms with E-state index in [-0.39, 0.29) is 27.1 Å². The Kier molecular flexibility index (Phi) is 7.21. The van der Waals surface area contributed by atoms with Crippen LogP contribution in [0.5, 0.6) is 0 Å². The maximum Gasteiger partial charge on any atom is 0.0794 e. The molecule has 1 nitrogen and oxygen atoms in total. The maximum absolute atomic E-state index is 12.0. The van der Waals surface area contributed by atoms with E-state index in [0.717, 1.165) is 0 Å². The summed E-state index contributed by atoms with van der Waals surface area (Å²) >= 11 is 0. The van der Waals surface area contributed by atoms with Crippen molar-refractivity contribution in [3.8, 4) is 0 Å². The molecule has 0 aliphatic rings. The van der Waals surface area contributed by atoms with Gasteiger partial charge in [0.25, 0.3) is 0 Å². The Labute approximate surface area is 171 Å². The standard InChI is InChI=1S/C26H50O/c1-18(17-21(4,5)6)23(10,11)26(16,27)25(14,15)20(3)19(2)24(12,13)22(7,8)9/h17,27H,1-16H3. The van der Waals surface area contributed by atoms with Gasteiger partial charge in [-0.1, -0.05) is 106 Å². The zero-order valence-electron chi connectivity index (χ0n) is 21.5. The molecule has 0 aromatic carbocycles. The number of rotatable bonds is 5. The second-order valence-corrected chi connectivity index (χ2v) is 12.6. The van der Waals surface area contributed by atoms with Crippen LogP contribution < -0.4 is 0 Å². The molecule has 0 aromatic rings. The molecular formula is C26H50O. The molecular weight excluding hydrogens is 328 g/mol. The summed E-state index contributed by atoms with van der Waals surface area (Å²) in [5.74, 6) is 0. The van der Waals surface area contributed by atoms with Crippen LogP contribution in [0.1, 0.15) is 111 Å². The fourth-order valence-corrected chi connectivity index (χ4v) is 3.86. The summed E-state index contributed by atoms with van der Waals surface area (Å²) in [5, 5.41) is 12.0. The molecule has 0 aromatic heterocycles. The topological polar surface area (TPSA) is 20.2 Å². The molecule has 27 heavy (non-hydrogen) atoms. The molecule has 0 aliphatic carbocycles. The fourth-order valence-electron chi connectivity index (χ4n) is 3.86. The van der Waals surface area contributed by atoms with Gasteiger partial charge in [-0.05, 0) is 43.9 Å². The van der Waals surface area contributed by atoms with Crippen LogP contribution in [0.3, 0.4) is 0 Å². The van der Waals surface area contributed by atoms with Gasteiger partial charge in [-0.2, -0.15) is 0 Å². The average molecular weight is 379 g/mol. The van der Waals surface area contributed by atoms with Crippen molar-refractivity contribution in [1.82, 2.24) is 0 Å². The lowest BCUT2D eigenvalue weighted by molar-refractivity contribution is -0.107. The van der Waals surface area contributed by atoms with Crippen molar-refractivity contribution in [2.24, 2.45) is 27.1 Å². The Bertz CT molecular complexity index is 593. The lowest BCUT2D eigenvalue weighted by Gasteiger charge is -2.53. The minimum Gasteiger partial charge on any atom is -0.388 e. The van der Waals surface area contributed by atoms with Gasteiger partial charge in [-0.25, -0.2) is 0 Å². The zero-order chi connectivity index (χ0) is 22.4. The predicted octanol–water partition coefficient (Wildman–Crippen LogP) is 8.19. The van der Waals surface area contributed by atoms with Crippen LogP contribution in [0, 0.1) is 27.1 Å². The van der Waals surface area contributed by atoms with Gasteiger partial charge in [0.2, 0.25) is 0 Å². The molecule has 0 aliphatic heterocycles. The highest BCUT2D eigenvalue weighted by molar-refractivity contribution is 5.31. The van der Waals surface area contributed by atoms with Gasteiger partial charge >= 0.3 is 0 Å². The van der Waals surface area contributed by atoms with E-state index < -0.39 is 5.60 Å². The minimum atomic E-state index is -0.898. The quantitative estimate of drug-likeness (QED) is 0.478. The van der Waals surface area contributed by atoms with Crippen molar-refractivity contribution in [2.45, 2.75) is 116 Å². The number of allylic oxidation sites excluding steroid dienone is 2. The van der Waals surface area contributed by atoms with E-state index in [0.29, 0.717) is 0 Å². The average Bonchev–Trinajstić information content (AvgIpc) is 2.41. The molecule has 0 amide bonds. The first-order chi connectivity index (χ1) is 11.4. The van der Waals surface area contributed by atoms with E-state index in [1.54, 1.807) is 0 Å². The van der Waals surface area contributed by atoms with Crippen LogP contribution in [0.2, 0.25) is 0 Å². The number of aliphatic hydroxyl groups is 1. The maximum atomic E-state index is 12.0. The normalized spacial score (nSPS) is 18.9. The first-order valence-corrected chi connectivity index (χ1v) is 10.6. The van der Waals surface area contributed by atoms with Gasteiger partial charge in [-0.3, -0.25) is 0 Å². The van der Waals surface area contributed by atoms with Crippen molar-refractivity contribution in [3.05, 3.63) is 22.8 Å². The van der Waals surface area contributed by atoms with E-state index in [9.17, 15) is 5.11 Å². The summed E-state index contributed by atoms with van der Waals surface area (Å²) in [6.45, 7) is 35.6. The summed E-state index contributed by atoms with van der Waals surface area (Å²) in [5.41, 5.74) is 2.60. The monoisotopic (exact) mass is 378 g/mol. The summed E-state index contributed by atoms with van der Waals surface area (Å²) in [4.78, 5) is 0. The molecule has 1 atom stereocenters. The summed E-state index contributed by atoms with van der Waals surface area (Å²) in [6, 6.07) is 0. The summed E-state index contributed by atoms with van der Waals surface area (Å²) < 4.78 is 0. The SMILES string of the molecule is CC(=CC(C)(C)C)C(C)(C)C(C)(O)C(C)(C)C(C)=C(C)C(C)(C)C(C)(C)C. The van der Waals surface area contributed by atoms with Crippen LogP contribution >= 0.6 is 0 Å². The van der Waals surface area contributed by atoms with E-state index >= 15 is 0 Å². The molecule has 0 saturated heterocycles. The minimum absolute atomic E-state index is 0.0465. The molecule has 1 unspecified atom stereocenters. The van der Waals surface area contributed by atoms with Gasteiger partial charge in [0.15, 0.2) is 0 Å².